The highest BCUT2D eigenvalue weighted by molar-refractivity contribution is 4.79. The molecule has 0 bridgehead atoms. The van der Waals surface area contributed by atoms with E-state index in [-0.39, 0.29) is 0 Å². The zero-order chi connectivity index (χ0) is 9.80. The second-order valence-corrected chi connectivity index (χ2v) is 4.89. The van der Waals surface area contributed by atoms with Crippen LogP contribution in [-0.2, 0) is 4.74 Å². The van der Waals surface area contributed by atoms with Gasteiger partial charge in [-0.15, -0.1) is 0 Å². The zero-order valence-electron chi connectivity index (χ0n) is 9.30. The van der Waals surface area contributed by atoms with Gasteiger partial charge >= 0.3 is 0 Å². The van der Waals surface area contributed by atoms with E-state index >= 15 is 0 Å². The van der Waals surface area contributed by atoms with E-state index in [0.29, 0.717) is 6.10 Å². The Bertz CT molecular complexity index is 166. The fourth-order valence-corrected chi connectivity index (χ4v) is 2.97. The van der Waals surface area contributed by atoms with E-state index in [2.05, 4.69) is 12.4 Å². The van der Waals surface area contributed by atoms with Crippen LogP contribution in [0.15, 0.2) is 0 Å². The van der Waals surface area contributed by atoms with Crippen LogP contribution in [0.25, 0.3) is 0 Å². The minimum atomic E-state index is 0.593. The maximum Gasteiger partial charge on any atom is 0.0578 e. The third-order valence-electron chi connectivity index (χ3n) is 3.81. The number of hydrogen-bond donors (Lipinski definition) is 1. The average Bonchev–Trinajstić information content (AvgIpc) is 2.71. The minimum absolute atomic E-state index is 0.593. The Balaban J connectivity index is 1.73. The van der Waals surface area contributed by atoms with Gasteiger partial charge in [-0.3, -0.25) is 0 Å². The molecule has 82 valence electrons. The lowest BCUT2D eigenvalue weighted by Gasteiger charge is -2.30. The van der Waals surface area contributed by atoms with Gasteiger partial charge in [-0.2, -0.15) is 0 Å². The molecule has 3 atom stereocenters. The first-order chi connectivity index (χ1) is 6.88. The largest absolute Gasteiger partial charge is 0.378 e. The van der Waals surface area contributed by atoms with Crippen molar-refractivity contribution >= 4 is 0 Å². The topological polar surface area (TPSA) is 21.3 Å². The molecule has 2 nitrogen and oxygen atoms in total. The Hall–Kier alpha value is -0.0800. The van der Waals surface area contributed by atoms with Crippen LogP contribution in [0, 0.1) is 5.92 Å². The summed E-state index contributed by atoms with van der Waals surface area (Å²) in [5.74, 6) is 0.921. The van der Waals surface area contributed by atoms with E-state index in [4.69, 9.17) is 4.74 Å². The Morgan fingerprint density at radius 3 is 2.86 bits per heavy atom. The molecule has 2 rings (SSSR count). The predicted octanol–water partition coefficient (Wildman–Crippen LogP) is 2.33. The van der Waals surface area contributed by atoms with Crippen LogP contribution in [0.2, 0.25) is 0 Å². The van der Waals surface area contributed by atoms with Gasteiger partial charge in [-0.25, -0.2) is 0 Å². The summed E-state index contributed by atoms with van der Waals surface area (Å²) >= 11 is 0. The molecule has 1 aliphatic carbocycles. The number of nitrogens with one attached hydrogen (secondary N) is 1. The lowest BCUT2D eigenvalue weighted by atomic mass is 9.82. The van der Waals surface area contributed by atoms with Gasteiger partial charge in [0.05, 0.1) is 6.10 Å². The predicted molar refractivity (Wildman–Crippen MR) is 58.4 cm³/mol. The Morgan fingerprint density at radius 1 is 1.21 bits per heavy atom. The van der Waals surface area contributed by atoms with Crippen LogP contribution in [-0.4, -0.2) is 25.8 Å². The van der Waals surface area contributed by atoms with Gasteiger partial charge in [0.1, 0.15) is 0 Å². The van der Waals surface area contributed by atoms with Gasteiger partial charge in [0.15, 0.2) is 0 Å². The van der Waals surface area contributed by atoms with E-state index in [0.717, 1.165) is 18.6 Å². The molecule has 1 aliphatic heterocycles. The van der Waals surface area contributed by atoms with Crippen LogP contribution in [0.3, 0.4) is 0 Å². The highest BCUT2D eigenvalue weighted by Gasteiger charge is 2.25. The third-order valence-corrected chi connectivity index (χ3v) is 3.81. The Labute approximate surface area is 87.4 Å². The third kappa shape index (κ3) is 2.71. The number of rotatable bonds is 3. The summed E-state index contributed by atoms with van der Waals surface area (Å²) in [7, 11) is 2.10. The summed E-state index contributed by atoms with van der Waals surface area (Å²) in [6.07, 6.45) is 10.1. The van der Waals surface area contributed by atoms with Crippen LogP contribution >= 0.6 is 0 Å². The van der Waals surface area contributed by atoms with Gasteiger partial charge in [-0.05, 0) is 45.1 Å². The molecule has 14 heavy (non-hydrogen) atoms. The fourth-order valence-electron chi connectivity index (χ4n) is 2.97. The number of ether oxygens (including phenoxy) is 1. The van der Waals surface area contributed by atoms with E-state index in [1.165, 1.54) is 44.9 Å². The first-order valence-corrected chi connectivity index (χ1v) is 6.17. The van der Waals surface area contributed by atoms with Crippen LogP contribution in [0.1, 0.15) is 44.9 Å². The van der Waals surface area contributed by atoms with Crippen molar-refractivity contribution in [2.75, 3.05) is 13.7 Å². The Morgan fingerprint density at radius 2 is 2.14 bits per heavy atom. The Kier molecular flexibility index (Phi) is 3.82. The molecule has 0 spiro atoms. The molecule has 3 unspecified atom stereocenters. The van der Waals surface area contributed by atoms with E-state index in [1.807, 2.05) is 0 Å². The molecule has 1 heterocycles. The van der Waals surface area contributed by atoms with Crippen molar-refractivity contribution < 1.29 is 4.74 Å². The van der Waals surface area contributed by atoms with Crippen molar-refractivity contribution in [3.05, 3.63) is 0 Å². The first-order valence-electron chi connectivity index (χ1n) is 6.17. The average molecular weight is 197 g/mol. The monoisotopic (exact) mass is 197 g/mol. The maximum absolute atomic E-state index is 5.70. The SMILES string of the molecule is CNC1CCCC(CC2CCCO2)C1. The maximum atomic E-state index is 5.70. The summed E-state index contributed by atoms with van der Waals surface area (Å²) in [6.45, 7) is 1.01. The minimum Gasteiger partial charge on any atom is -0.378 e. The first kappa shape index (κ1) is 10.4. The molecule has 2 heteroatoms. The molecule has 2 fully saturated rings. The molecular formula is C12H23NO. The molecule has 1 saturated heterocycles. The summed E-state index contributed by atoms with van der Waals surface area (Å²) in [5, 5.41) is 3.42. The zero-order valence-corrected chi connectivity index (χ0v) is 9.30. The normalized spacial score (nSPS) is 38.8. The quantitative estimate of drug-likeness (QED) is 0.750. The van der Waals surface area contributed by atoms with Crippen molar-refractivity contribution in [3.8, 4) is 0 Å². The van der Waals surface area contributed by atoms with Crippen molar-refractivity contribution in [1.29, 1.82) is 0 Å². The van der Waals surface area contributed by atoms with Crippen LogP contribution in [0.4, 0.5) is 0 Å². The standard InChI is InChI=1S/C12H23NO/c1-13-11-5-2-4-10(8-11)9-12-6-3-7-14-12/h10-13H,2-9H2,1H3. The number of hydrogen-bond acceptors (Lipinski definition) is 2. The molecule has 2 aliphatic rings. The summed E-state index contributed by atoms with van der Waals surface area (Å²) in [6, 6.07) is 0.773. The van der Waals surface area contributed by atoms with Crippen molar-refractivity contribution in [3.63, 3.8) is 0 Å². The van der Waals surface area contributed by atoms with Gasteiger partial charge in [0.2, 0.25) is 0 Å². The second-order valence-electron chi connectivity index (χ2n) is 4.89. The second kappa shape index (κ2) is 5.13. The summed E-state index contributed by atoms with van der Waals surface area (Å²) in [5.41, 5.74) is 0. The smallest absolute Gasteiger partial charge is 0.0578 e. The summed E-state index contributed by atoms with van der Waals surface area (Å²) < 4.78 is 5.70. The molecule has 0 radical (unpaired) electrons. The highest BCUT2D eigenvalue weighted by atomic mass is 16.5. The molecule has 1 N–H and O–H groups in total. The molecule has 0 amide bonds. The lowest BCUT2D eigenvalue weighted by molar-refractivity contribution is 0.0803. The van der Waals surface area contributed by atoms with Gasteiger partial charge in [0.25, 0.3) is 0 Å². The van der Waals surface area contributed by atoms with E-state index in [1.54, 1.807) is 0 Å². The lowest BCUT2D eigenvalue weighted by Crippen LogP contribution is -2.32. The molecule has 1 saturated carbocycles. The molecule has 0 aromatic carbocycles. The molecule has 0 aromatic heterocycles. The van der Waals surface area contributed by atoms with Gasteiger partial charge < -0.3 is 10.1 Å². The fraction of sp³-hybridized carbons (Fsp3) is 1.00. The molecular weight excluding hydrogens is 174 g/mol. The molecule has 0 aromatic rings. The van der Waals surface area contributed by atoms with E-state index < -0.39 is 0 Å². The van der Waals surface area contributed by atoms with Crippen LogP contribution < -0.4 is 5.32 Å². The van der Waals surface area contributed by atoms with Crippen molar-refractivity contribution in [2.45, 2.75) is 57.1 Å². The van der Waals surface area contributed by atoms with Crippen molar-refractivity contribution in [2.24, 2.45) is 5.92 Å². The van der Waals surface area contributed by atoms with Gasteiger partial charge in [-0.1, -0.05) is 12.8 Å². The van der Waals surface area contributed by atoms with E-state index in [9.17, 15) is 0 Å². The highest BCUT2D eigenvalue weighted by Crippen LogP contribution is 2.30. The summed E-state index contributed by atoms with van der Waals surface area (Å²) in [4.78, 5) is 0. The van der Waals surface area contributed by atoms with Gasteiger partial charge in [0, 0.05) is 12.6 Å². The van der Waals surface area contributed by atoms with Crippen LogP contribution in [0.5, 0.6) is 0 Å². The van der Waals surface area contributed by atoms with Crippen molar-refractivity contribution in [1.82, 2.24) is 5.32 Å².